The van der Waals surface area contributed by atoms with Crippen LogP contribution in [0.3, 0.4) is 0 Å². The summed E-state index contributed by atoms with van der Waals surface area (Å²) in [6.07, 6.45) is 21.8. The Balaban J connectivity index is 1.59. The Morgan fingerprint density at radius 2 is 1.50 bits per heavy atom. The minimum atomic E-state index is 0.583. The van der Waals surface area contributed by atoms with Crippen molar-refractivity contribution in [3.8, 4) is 0 Å². The first-order valence-corrected chi connectivity index (χ1v) is 10.1. The maximum Gasteiger partial charge on any atom is 0.0575 e. The highest BCUT2D eigenvalue weighted by atomic mass is 16.5. The summed E-state index contributed by atoms with van der Waals surface area (Å²) >= 11 is 0. The van der Waals surface area contributed by atoms with Crippen LogP contribution in [0.5, 0.6) is 0 Å². The SMILES string of the molecule is C/C=C/CC1CCC(C2CCC(OCCCCC)CC2)CC1. The van der Waals surface area contributed by atoms with E-state index in [1.54, 1.807) is 0 Å². The smallest absolute Gasteiger partial charge is 0.0575 e. The molecule has 2 aliphatic rings. The fraction of sp³-hybridized carbons (Fsp3) is 0.905. The zero-order valence-electron chi connectivity index (χ0n) is 15.1. The minimum absolute atomic E-state index is 0.583. The summed E-state index contributed by atoms with van der Waals surface area (Å²) < 4.78 is 6.07. The van der Waals surface area contributed by atoms with E-state index in [0.29, 0.717) is 6.10 Å². The van der Waals surface area contributed by atoms with Crippen molar-refractivity contribution in [3.05, 3.63) is 12.2 Å². The highest BCUT2D eigenvalue weighted by Crippen LogP contribution is 2.41. The molecule has 0 spiro atoms. The minimum Gasteiger partial charge on any atom is -0.378 e. The Morgan fingerprint density at radius 1 is 0.864 bits per heavy atom. The second-order valence-electron chi connectivity index (χ2n) is 7.70. The average molecular weight is 307 g/mol. The van der Waals surface area contributed by atoms with Gasteiger partial charge in [0.25, 0.3) is 0 Å². The van der Waals surface area contributed by atoms with Crippen LogP contribution in [0.15, 0.2) is 12.2 Å². The van der Waals surface area contributed by atoms with Crippen LogP contribution in [-0.2, 0) is 4.74 Å². The average Bonchev–Trinajstić information content (AvgIpc) is 2.58. The van der Waals surface area contributed by atoms with E-state index in [1.165, 1.54) is 77.0 Å². The first-order valence-electron chi connectivity index (χ1n) is 10.1. The van der Waals surface area contributed by atoms with Gasteiger partial charge in [0.05, 0.1) is 6.10 Å². The lowest BCUT2D eigenvalue weighted by atomic mass is 9.70. The Labute approximate surface area is 138 Å². The molecular formula is C21H38O. The van der Waals surface area contributed by atoms with Crippen molar-refractivity contribution in [2.45, 2.75) is 97.0 Å². The van der Waals surface area contributed by atoms with Crippen molar-refractivity contribution in [3.63, 3.8) is 0 Å². The molecule has 2 fully saturated rings. The van der Waals surface area contributed by atoms with Gasteiger partial charge in [0, 0.05) is 6.61 Å². The van der Waals surface area contributed by atoms with Crippen LogP contribution < -0.4 is 0 Å². The van der Waals surface area contributed by atoms with Crippen molar-refractivity contribution >= 4 is 0 Å². The van der Waals surface area contributed by atoms with E-state index in [-0.39, 0.29) is 0 Å². The van der Waals surface area contributed by atoms with E-state index in [4.69, 9.17) is 4.74 Å². The summed E-state index contributed by atoms with van der Waals surface area (Å²) in [5.41, 5.74) is 0. The normalized spacial score (nSPS) is 33.4. The second-order valence-corrected chi connectivity index (χ2v) is 7.70. The molecule has 0 aliphatic heterocycles. The predicted octanol–water partition coefficient (Wildman–Crippen LogP) is 6.52. The van der Waals surface area contributed by atoms with Crippen LogP contribution >= 0.6 is 0 Å². The zero-order chi connectivity index (χ0) is 15.6. The van der Waals surface area contributed by atoms with Gasteiger partial charge in [0.2, 0.25) is 0 Å². The maximum atomic E-state index is 6.07. The molecule has 2 aliphatic carbocycles. The number of unbranched alkanes of at least 4 members (excludes halogenated alkanes) is 2. The molecule has 0 unspecified atom stereocenters. The topological polar surface area (TPSA) is 9.23 Å². The lowest BCUT2D eigenvalue weighted by Crippen LogP contribution is -2.28. The summed E-state index contributed by atoms with van der Waals surface area (Å²) in [7, 11) is 0. The molecule has 0 N–H and O–H groups in total. The largest absolute Gasteiger partial charge is 0.378 e. The molecule has 0 radical (unpaired) electrons. The number of hydrogen-bond acceptors (Lipinski definition) is 1. The van der Waals surface area contributed by atoms with Gasteiger partial charge >= 0.3 is 0 Å². The molecule has 0 amide bonds. The van der Waals surface area contributed by atoms with Crippen molar-refractivity contribution < 1.29 is 4.74 Å². The molecule has 0 aromatic rings. The van der Waals surface area contributed by atoms with Gasteiger partial charge in [0.1, 0.15) is 0 Å². The Hall–Kier alpha value is -0.300. The van der Waals surface area contributed by atoms with Gasteiger partial charge in [-0.2, -0.15) is 0 Å². The lowest BCUT2D eigenvalue weighted by Gasteiger charge is -2.37. The van der Waals surface area contributed by atoms with Crippen LogP contribution in [-0.4, -0.2) is 12.7 Å². The third-order valence-corrected chi connectivity index (χ3v) is 6.08. The predicted molar refractivity (Wildman–Crippen MR) is 96.1 cm³/mol. The van der Waals surface area contributed by atoms with Crippen LogP contribution in [0.1, 0.15) is 90.9 Å². The molecule has 0 saturated heterocycles. The molecular weight excluding hydrogens is 268 g/mol. The molecule has 2 rings (SSSR count). The lowest BCUT2D eigenvalue weighted by molar-refractivity contribution is 0.00556. The fourth-order valence-corrected chi connectivity index (χ4v) is 4.55. The van der Waals surface area contributed by atoms with Crippen molar-refractivity contribution in [2.75, 3.05) is 6.61 Å². The van der Waals surface area contributed by atoms with Crippen LogP contribution in [0.4, 0.5) is 0 Å². The highest BCUT2D eigenvalue weighted by molar-refractivity contribution is 4.86. The molecule has 2 saturated carbocycles. The van der Waals surface area contributed by atoms with Gasteiger partial charge in [-0.05, 0) is 88.9 Å². The summed E-state index contributed by atoms with van der Waals surface area (Å²) in [6, 6.07) is 0. The fourth-order valence-electron chi connectivity index (χ4n) is 4.55. The van der Waals surface area contributed by atoms with Gasteiger partial charge < -0.3 is 4.74 Å². The standard InChI is InChI=1S/C21H38O/c1-3-5-7-17-22-21-15-13-20(14-16-21)19-11-9-18(10-12-19)8-6-4-2/h4,6,18-21H,3,5,7-17H2,1-2H3/b6-4+. The van der Waals surface area contributed by atoms with Gasteiger partial charge in [-0.3, -0.25) is 0 Å². The third-order valence-electron chi connectivity index (χ3n) is 6.08. The molecule has 0 aromatic heterocycles. The summed E-state index contributed by atoms with van der Waals surface area (Å²) in [6.45, 7) is 5.41. The van der Waals surface area contributed by atoms with Gasteiger partial charge in [-0.15, -0.1) is 0 Å². The molecule has 0 aromatic carbocycles. The molecule has 22 heavy (non-hydrogen) atoms. The Morgan fingerprint density at radius 3 is 2.09 bits per heavy atom. The molecule has 0 bridgehead atoms. The van der Waals surface area contributed by atoms with E-state index in [9.17, 15) is 0 Å². The van der Waals surface area contributed by atoms with Crippen LogP contribution in [0.2, 0.25) is 0 Å². The Kier molecular flexibility index (Phi) is 8.59. The van der Waals surface area contributed by atoms with Crippen molar-refractivity contribution in [1.82, 2.24) is 0 Å². The number of ether oxygens (including phenoxy) is 1. The van der Waals surface area contributed by atoms with Gasteiger partial charge in [-0.1, -0.05) is 31.9 Å². The molecule has 128 valence electrons. The molecule has 1 heteroatoms. The first kappa shape index (κ1) is 18.0. The summed E-state index contributed by atoms with van der Waals surface area (Å²) in [4.78, 5) is 0. The van der Waals surface area contributed by atoms with Crippen LogP contribution in [0.25, 0.3) is 0 Å². The first-order chi connectivity index (χ1) is 10.8. The highest BCUT2D eigenvalue weighted by Gasteiger charge is 2.30. The number of hydrogen-bond donors (Lipinski definition) is 0. The maximum absolute atomic E-state index is 6.07. The summed E-state index contributed by atoms with van der Waals surface area (Å²) in [5, 5.41) is 0. The van der Waals surface area contributed by atoms with E-state index in [2.05, 4.69) is 26.0 Å². The zero-order valence-corrected chi connectivity index (χ0v) is 15.1. The van der Waals surface area contributed by atoms with Gasteiger partial charge in [0.15, 0.2) is 0 Å². The molecule has 0 atom stereocenters. The number of rotatable bonds is 8. The van der Waals surface area contributed by atoms with E-state index in [0.717, 1.165) is 24.4 Å². The van der Waals surface area contributed by atoms with Crippen molar-refractivity contribution in [1.29, 1.82) is 0 Å². The van der Waals surface area contributed by atoms with Crippen LogP contribution in [0, 0.1) is 17.8 Å². The second kappa shape index (κ2) is 10.5. The Bertz CT molecular complexity index is 293. The van der Waals surface area contributed by atoms with E-state index < -0.39 is 0 Å². The third kappa shape index (κ3) is 6.07. The van der Waals surface area contributed by atoms with Gasteiger partial charge in [-0.25, -0.2) is 0 Å². The monoisotopic (exact) mass is 306 g/mol. The summed E-state index contributed by atoms with van der Waals surface area (Å²) in [5.74, 6) is 3.02. The van der Waals surface area contributed by atoms with E-state index in [1.807, 2.05) is 0 Å². The van der Waals surface area contributed by atoms with E-state index >= 15 is 0 Å². The number of allylic oxidation sites excluding steroid dienone is 2. The quantitative estimate of drug-likeness (QED) is 0.366. The van der Waals surface area contributed by atoms with Crippen molar-refractivity contribution in [2.24, 2.45) is 17.8 Å². The molecule has 0 heterocycles. The molecule has 1 nitrogen and oxygen atoms in total.